The first-order chi connectivity index (χ1) is 6.84. The summed E-state index contributed by atoms with van der Waals surface area (Å²) in [5.41, 5.74) is 10.2. The normalized spacial score (nSPS) is 21.1. The highest BCUT2D eigenvalue weighted by molar-refractivity contribution is 5.84. The number of H-pyrrole nitrogens is 1. The van der Waals surface area contributed by atoms with Gasteiger partial charge in [0.1, 0.15) is 0 Å². The molecule has 1 atom stereocenters. The SMILES string of the molecule is N[C@H]1CCc2c(ccc3[nH]ccc23)C1. The lowest BCUT2D eigenvalue weighted by Crippen LogP contribution is -2.27. The van der Waals surface area contributed by atoms with E-state index in [4.69, 9.17) is 5.73 Å². The molecule has 0 bridgehead atoms. The minimum atomic E-state index is 0.360. The number of aromatic nitrogens is 1. The Hall–Kier alpha value is -1.28. The summed E-state index contributed by atoms with van der Waals surface area (Å²) in [6, 6.07) is 6.91. The van der Waals surface area contributed by atoms with Gasteiger partial charge in [-0.05, 0) is 42.5 Å². The van der Waals surface area contributed by atoms with Gasteiger partial charge < -0.3 is 10.7 Å². The number of hydrogen-bond acceptors (Lipinski definition) is 1. The van der Waals surface area contributed by atoms with Crippen molar-refractivity contribution in [3.8, 4) is 0 Å². The standard InChI is InChI=1S/C12H14N2/c13-9-2-3-10-8(7-9)1-4-12-11(10)5-6-14-12/h1,4-6,9,14H,2-3,7,13H2/t9-/m0/s1. The van der Waals surface area contributed by atoms with Gasteiger partial charge in [-0.2, -0.15) is 0 Å². The Balaban J connectivity index is 2.24. The molecule has 0 aliphatic heterocycles. The fourth-order valence-corrected chi connectivity index (χ4v) is 2.44. The molecule has 2 aromatic rings. The molecule has 0 spiro atoms. The lowest BCUT2D eigenvalue weighted by molar-refractivity contribution is 0.579. The van der Waals surface area contributed by atoms with Gasteiger partial charge in [0.05, 0.1) is 0 Å². The molecule has 1 heterocycles. The molecule has 0 unspecified atom stereocenters. The summed E-state index contributed by atoms with van der Waals surface area (Å²) in [4.78, 5) is 3.25. The molecule has 0 saturated carbocycles. The van der Waals surface area contributed by atoms with Crippen LogP contribution in [0.1, 0.15) is 17.5 Å². The highest BCUT2D eigenvalue weighted by atomic mass is 14.7. The number of rotatable bonds is 0. The molecule has 14 heavy (non-hydrogen) atoms. The van der Waals surface area contributed by atoms with Gasteiger partial charge in [0.25, 0.3) is 0 Å². The van der Waals surface area contributed by atoms with Gasteiger partial charge in [0, 0.05) is 23.1 Å². The predicted molar refractivity (Wildman–Crippen MR) is 58.3 cm³/mol. The molecule has 1 aliphatic carbocycles. The molecule has 3 rings (SSSR count). The van der Waals surface area contributed by atoms with Crippen molar-refractivity contribution < 1.29 is 0 Å². The van der Waals surface area contributed by atoms with Crippen LogP contribution in [-0.2, 0) is 12.8 Å². The van der Waals surface area contributed by atoms with Crippen molar-refractivity contribution in [2.45, 2.75) is 25.3 Å². The summed E-state index contributed by atoms with van der Waals surface area (Å²) >= 11 is 0. The largest absolute Gasteiger partial charge is 0.361 e. The Kier molecular flexibility index (Phi) is 1.64. The predicted octanol–water partition coefficient (Wildman–Crippen LogP) is 1.98. The van der Waals surface area contributed by atoms with Crippen molar-refractivity contribution in [1.29, 1.82) is 0 Å². The van der Waals surface area contributed by atoms with Crippen LogP contribution in [0.4, 0.5) is 0 Å². The number of fused-ring (bicyclic) bond motifs is 3. The van der Waals surface area contributed by atoms with Crippen LogP contribution >= 0.6 is 0 Å². The molecule has 2 heteroatoms. The van der Waals surface area contributed by atoms with Crippen LogP contribution in [0.25, 0.3) is 10.9 Å². The lowest BCUT2D eigenvalue weighted by Gasteiger charge is -2.21. The summed E-state index contributed by atoms with van der Waals surface area (Å²) in [6.07, 6.45) is 5.30. The highest BCUT2D eigenvalue weighted by Gasteiger charge is 2.17. The van der Waals surface area contributed by atoms with Crippen LogP contribution in [0, 0.1) is 0 Å². The maximum absolute atomic E-state index is 5.96. The maximum atomic E-state index is 5.96. The molecule has 1 aromatic heterocycles. The van der Waals surface area contributed by atoms with Gasteiger partial charge in [-0.3, -0.25) is 0 Å². The van der Waals surface area contributed by atoms with E-state index in [1.165, 1.54) is 22.0 Å². The van der Waals surface area contributed by atoms with E-state index < -0.39 is 0 Å². The molecule has 0 amide bonds. The summed E-state index contributed by atoms with van der Waals surface area (Å²) in [7, 11) is 0. The first kappa shape index (κ1) is 8.06. The minimum absolute atomic E-state index is 0.360. The second-order valence-electron chi connectivity index (χ2n) is 4.15. The Bertz CT molecular complexity index is 470. The van der Waals surface area contributed by atoms with Crippen molar-refractivity contribution in [1.82, 2.24) is 4.98 Å². The third-order valence-corrected chi connectivity index (χ3v) is 3.19. The summed E-state index contributed by atoms with van der Waals surface area (Å²) in [5.74, 6) is 0. The molecule has 1 aliphatic rings. The van der Waals surface area contributed by atoms with E-state index in [0.717, 1.165) is 19.3 Å². The molecule has 0 radical (unpaired) electrons. The van der Waals surface area contributed by atoms with Gasteiger partial charge in [0.2, 0.25) is 0 Å². The third-order valence-electron chi connectivity index (χ3n) is 3.19. The van der Waals surface area contributed by atoms with Crippen molar-refractivity contribution in [3.63, 3.8) is 0 Å². The molecule has 2 nitrogen and oxygen atoms in total. The van der Waals surface area contributed by atoms with Crippen molar-refractivity contribution >= 4 is 10.9 Å². The summed E-state index contributed by atoms with van der Waals surface area (Å²) in [5, 5.41) is 1.38. The zero-order valence-corrected chi connectivity index (χ0v) is 8.09. The van der Waals surface area contributed by atoms with Crippen molar-refractivity contribution in [2.75, 3.05) is 0 Å². The smallest absolute Gasteiger partial charge is 0.0456 e. The number of aromatic amines is 1. The topological polar surface area (TPSA) is 41.8 Å². The number of aryl methyl sites for hydroxylation is 1. The Labute approximate surface area is 83.1 Å². The van der Waals surface area contributed by atoms with Gasteiger partial charge in [-0.15, -0.1) is 0 Å². The molecular formula is C12H14N2. The number of nitrogens with one attached hydrogen (secondary N) is 1. The van der Waals surface area contributed by atoms with Gasteiger partial charge in [-0.25, -0.2) is 0 Å². The zero-order valence-electron chi connectivity index (χ0n) is 8.09. The third kappa shape index (κ3) is 1.07. The zero-order chi connectivity index (χ0) is 9.54. The summed E-state index contributed by atoms with van der Waals surface area (Å²) < 4.78 is 0. The fraction of sp³-hybridized carbons (Fsp3) is 0.333. The van der Waals surface area contributed by atoms with Crippen molar-refractivity contribution in [2.24, 2.45) is 5.73 Å². The van der Waals surface area contributed by atoms with E-state index >= 15 is 0 Å². The van der Waals surface area contributed by atoms with Gasteiger partial charge in [-0.1, -0.05) is 6.07 Å². The van der Waals surface area contributed by atoms with Crippen molar-refractivity contribution in [3.05, 3.63) is 35.5 Å². The van der Waals surface area contributed by atoms with Gasteiger partial charge >= 0.3 is 0 Å². The first-order valence-electron chi connectivity index (χ1n) is 5.18. The average molecular weight is 186 g/mol. The second-order valence-corrected chi connectivity index (χ2v) is 4.15. The molecule has 0 fully saturated rings. The van der Waals surface area contributed by atoms with E-state index in [0.29, 0.717) is 6.04 Å². The molecular weight excluding hydrogens is 172 g/mol. The van der Waals surface area contributed by atoms with E-state index in [1.807, 2.05) is 6.20 Å². The fourth-order valence-electron chi connectivity index (χ4n) is 2.44. The van der Waals surface area contributed by atoms with E-state index in [9.17, 15) is 0 Å². The number of nitrogens with two attached hydrogens (primary N) is 1. The van der Waals surface area contributed by atoms with Crippen LogP contribution in [-0.4, -0.2) is 11.0 Å². The minimum Gasteiger partial charge on any atom is -0.361 e. The summed E-state index contributed by atoms with van der Waals surface area (Å²) in [6.45, 7) is 0. The molecule has 0 saturated heterocycles. The molecule has 3 N–H and O–H groups in total. The Morgan fingerprint density at radius 1 is 1.29 bits per heavy atom. The quantitative estimate of drug-likeness (QED) is 0.649. The Morgan fingerprint density at radius 3 is 3.14 bits per heavy atom. The first-order valence-corrected chi connectivity index (χ1v) is 5.18. The number of hydrogen-bond donors (Lipinski definition) is 2. The van der Waals surface area contributed by atoms with Crippen LogP contribution < -0.4 is 5.73 Å². The molecule has 72 valence electrons. The molecule has 1 aromatic carbocycles. The highest BCUT2D eigenvalue weighted by Crippen LogP contribution is 2.27. The van der Waals surface area contributed by atoms with Gasteiger partial charge in [0.15, 0.2) is 0 Å². The lowest BCUT2D eigenvalue weighted by atomic mass is 9.87. The second kappa shape index (κ2) is 2.85. The van der Waals surface area contributed by atoms with E-state index in [2.05, 4.69) is 23.2 Å². The van der Waals surface area contributed by atoms with Crippen LogP contribution in [0.5, 0.6) is 0 Å². The Morgan fingerprint density at radius 2 is 2.21 bits per heavy atom. The van der Waals surface area contributed by atoms with Crippen LogP contribution in [0.3, 0.4) is 0 Å². The monoisotopic (exact) mass is 186 g/mol. The average Bonchev–Trinajstić information content (AvgIpc) is 2.65. The van der Waals surface area contributed by atoms with E-state index in [1.54, 1.807) is 0 Å². The number of benzene rings is 1. The van der Waals surface area contributed by atoms with Crippen LogP contribution in [0.15, 0.2) is 24.4 Å². The maximum Gasteiger partial charge on any atom is 0.0456 e. The van der Waals surface area contributed by atoms with Crippen LogP contribution in [0.2, 0.25) is 0 Å². The van der Waals surface area contributed by atoms with E-state index in [-0.39, 0.29) is 0 Å².